The Hall–Kier alpha value is -2.72. The molecule has 0 saturated carbocycles. The fourth-order valence-electron chi connectivity index (χ4n) is 2.26. The van der Waals surface area contributed by atoms with Gasteiger partial charge in [0, 0.05) is 5.69 Å². The van der Waals surface area contributed by atoms with E-state index in [4.69, 9.17) is 5.10 Å². The van der Waals surface area contributed by atoms with Gasteiger partial charge in [-0.15, -0.1) is 5.10 Å². The topological polar surface area (TPSA) is 27.6 Å². The maximum absolute atomic E-state index is 4.83. The van der Waals surface area contributed by atoms with Crippen molar-refractivity contribution in [1.29, 1.82) is 0 Å². The lowest BCUT2D eigenvalue weighted by atomic mass is 10.2. The van der Waals surface area contributed by atoms with Gasteiger partial charge in [0.25, 0.3) is 0 Å². The summed E-state index contributed by atoms with van der Waals surface area (Å²) in [6.07, 6.45) is 2.02. The number of hydrogen-bond acceptors (Lipinski definition) is 3. The molecule has 0 aliphatic carbocycles. The first-order valence-corrected chi connectivity index (χ1v) is 8.94. The highest BCUT2D eigenvalue weighted by molar-refractivity contribution is 8.13. The van der Waals surface area contributed by atoms with Gasteiger partial charge < -0.3 is 5.32 Å². The highest BCUT2D eigenvalue weighted by Crippen LogP contribution is 2.26. The lowest BCUT2D eigenvalue weighted by molar-refractivity contribution is 1.09. The van der Waals surface area contributed by atoms with E-state index in [0.29, 0.717) is 0 Å². The van der Waals surface area contributed by atoms with Crippen LogP contribution in [0, 0.1) is 0 Å². The second-order valence-corrected chi connectivity index (χ2v) is 5.88. The monoisotopic (exact) mass is 333 g/mol. The van der Waals surface area contributed by atoms with Crippen molar-refractivity contribution >= 4 is 34.0 Å². The molecule has 0 aromatic heterocycles. The van der Waals surface area contributed by atoms with Crippen LogP contribution < -0.4 is 10.3 Å². The van der Waals surface area contributed by atoms with E-state index in [9.17, 15) is 0 Å². The van der Waals surface area contributed by atoms with Crippen LogP contribution in [0.2, 0.25) is 0 Å². The van der Waals surface area contributed by atoms with Gasteiger partial charge in [0.15, 0.2) is 5.17 Å². The first-order chi connectivity index (χ1) is 11.9. The molecule has 0 bridgehead atoms. The first kappa shape index (κ1) is 16.1. The van der Waals surface area contributed by atoms with Gasteiger partial charge >= 0.3 is 0 Å². The molecule has 1 N–H and O–H groups in total. The fourth-order valence-corrected chi connectivity index (χ4v) is 2.64. The molecule has 0 spiro atoms. The van der Waals surface area contributed by atoms with E-state index in [1.54, 1.807) is 11.8 Å². The second-order valence-electron chi connectivity index (χ2n) is 5.08. The van der Waals surface area contributed by atoms with E-state index < -0.39 is 0 Å². The zero-order valence-electron chi connectivity index (χ0n) is 13.5. The number of thioether (sulfide) groups is 1. The number of para-hydroxylation sites is 3. The van der Waals surface area contributed by atoms with Crippen LogP contribution in [-0.4, -0.2) is 11.4 Å². The van der Waals surface area contributed by atoms with Crippen molar-refractivity contribution in [2.24, 2.45) is 5.10 Å². The molecule has 3 rings (SSSR count). The molecule has 0 unspecified atom stereocenters. The summed E-state index contributed by atoms with van der Waals surface area (Å²) in [7, 11) is 0. The Morgan fingerprint density at radius 2 is 1.21 bits per heavy atom. The number of nitrogens with one attached hydrogen (secondary N) is 1. The third kappa shape index (κ3) is 4.18. The predicted octanol–water partition coefficient (Wildman–Crippen LogP) is 5.57. The molecule has 0 saturated heterocycles. The highest BCUT2D eigenvalue weighted by atomic mass is 32.2. The van der Waals surface area contributed by atoms with Crippen molar-refractivity contribution in [2.45, 2.75) is 0 Å². The van der Waals surface area contributed by atoms with Crippen LogP contribution in [0.25, 0.3) is 0 Å². The van der Waals surface area contributed by atoms with Crippen LogP contribution in [0.3, 0.4) is 0 Å². The van der Waals surface area contributed by atoms with Gasteiger partial charge in [0.2, 0.25) is 0 Å². The summed E-state index contributed by atoms with van der Waals surface area (Å²) in [5.74, 6) is 0. The summed E-state index contributed by atoms with van der Waals surface area (Å²) >= 11 is 1.58. The molecule has 120 valence electrons. The minimum absolute atomic E-state index is 0.828. The Bertz CT molecular complexity index is 734. The largest absolute Gasteiger partial charge is 0.333 e. The van der Waals surface area contributed by atoms with E-state index >= 15 is 0 Å². The Balaban J connectivity index is 1.95. The number of rotatable bonds is 4. The Morgan fingerprint density at radius 1 is 0.750 bits per heavy atom. The lowest BCUT2D eigenvalue weighted by Crippen LogP contribution is -2.16. The average Bonchev–Trinajstić information content (AvgIpc) is 2.67. The minimum Gasteiger partial charge on any atom is -0.333 e. The van der Waals surface area contributed by atoms with Gasteiger partial charge in [0.1, 0.15) is 0 Å². The Labute approximate surface area is 147 Å². The average molecular weight is 333 g/mol. The molecule has 3 nitrogen and oxygen atoms in total. The standard InChI is InChI=1S/C20H19N3S/c1-24-20(21-17-11-5-2-6-12-17)22-23(18-13-7-3-8-14-18)19-15-9-4-10-16-19/h2-16H,1H3,(H,21,22). The van der Waals surface area contributed by atoms with Gasteiger partial charge in [-0.3, -0.25) is 0 Å². The molecule has 3 aromatic carbocycles. The van der Waals surface area contributed by atoms with Crippen molar-refractivity contribution in [3.8, 4) is 0 Å². The first-order valence-electron chi connectivity index (χ1n) is 7.72. The van der Waals surface area contributed by atoms with E-state index in [0.717, 1.165) is 22.2 Å². The molecule has 0 heterocycles. The van der Waals surface area contributed by atoms with Gasteiger partial charge in [-0.25, -0.2) is 5.01 Å². The van der Waals surface area contributed by atoms with E-state index in [1.807, 2.05) is 78.0 Å². The summed E-state index contributed by atoms with van der Waals surface area (Å²) in [5.41, 5.74) is 3.06. The fraction of sp³-hybridized carbons (Fsp3) is 0.0500. The number of anilines is 3. The van der Waals surface area contributed by atoms with Crippen LogP contribution in [0.5, 0.6) is 0 Å². The SMILES string of the molecule is CS/C(=N\N(c1ccccc1)c1ccccc1)Nc1ccccc1. The summed E-state index contributed by atoms with van der Waals surface area (Å²) < 4.78 is 0. The van der Waals surface area contributed by atoms with Crippen molar-refractivity contribution in [2.75, 3.05) is 16.6 Å². The van der Waals surface area contributed by atoms with Crippen LogP contribution >= 0.6 is 11.8 Å². The van der Waals surface area contributed by atoms with Crippen LogP contribution in [-0.2, 0) is 0 Å². The smallest absolute Gasteiger partial charge is 0.185 e. The molecule has 3 aromatic rings. The quantitative estimate of drug-likeness (QED) is 0.384. The molecular formula is C20H19N3S. The van der Waals surface area contributed by atoms with Gasteiger partial charge in [-0.2, -0.15) is 0 Å². The Kier molecular flexibility index (Phi) is 5.53. The molecule has 0 aliphatic rings. The van der Waals surface area contributed by atoms with Gasteiger partial charge in [0.05, 0.1) is 11.4 Å². The minimum atomic E-state index is 0.828. The van der Waals surface area contributed by atoms with Crippen LogP contribution in [0.15, 0.2) is 96.1 Å². The van der Waals surface area contributed by atoms with Crippen molar-refractivity contribution in [1.82, 2.24) is 0 Å². The molecule has 0 fully saturated rings. The number of nitrogens with zero attached hydrogens (tertiary/aromatic N) is 2. The third-order valence-corrected chi connectivity index (χ3v) is 3.98. The number of hydrazone groups is 1. The molecule has 0 atom stereocenters. The predicted molar refractivity (Wildman–Crippen MR) is 106 cm³/mol. The van der Waals surface area contributed by atoms with E-state index in [-0.39, 0.29) is 0 Å². The van der Waals surface area contributed by atoms with Gasteiger partial charge in [-0.05, 0) is 42.7 Å². The molecular weight excluding hydrogens is 314 g/mol. The number of hydrogen-bond donors (Lipinski definition) is 1. The highest BCUT2D eigenvalue weighted by Gasteiger charge is 2.09. The Morgan fingerprint density at radius 3 is 1.67 bits per heavy atom. The summed E-state index contributed by atoms with van der Waals surface area (Å²) in [6, 6.07) is 30.4. The summed E-state index contributed by atoms with van der Waals surface area (Å²) in [5, 5.41) is 11.0. The van der Waals surface area contributed by atoms with Crippen molar-refractivity contribution in [3.63, 3.8) is 0 Å². The third-order valence-electron chi connectivity index (χ3n) is 3.41. The number of benzene rings is 3. The summed E-state index contributed by atoms with van der Waals surface area (Å²) in [4.78, 5) is 0. The molecule has 4 heteroatoms. The maximum Gasteiger partial charge on any atom is 0.185 e. The zero-order chi connectivity index (χ0) is 16.6. The lowest BCUT2D eigenvalue weighted by Gasteiger charge is -2.21. The maximum atomic E-state index is 4.83. The second kappa shape index (κ2) is 8.22. The van der Waals surface area contributed by atoms with Crippen LogP contribution in [0.1, 0.15) is 0 Å². The van der Waals surface area contributed by atoms with Crippen molar-refractivity contribution < 1.29 is 0 Å². The number of amidine groups is 1. The normalized spacial score (nSPS) is 11.1. The van der Waals surface area contributed by atoms with Gasteiger partial charge in [-0.1, -0.05) is 66.4 Å². The van der Waals surface area contributed by atoms with Crippen LogP contribution in [0.4, 0.5) is 17.1 Å². The summed E-state index contributed by atoms with van der Waals surface area (Å²) in [6.45, 7) is 0. The van der Waals surface area contributed by atoms with Crippen molar-refractivity contribution in [3.05, 3.63) is 91.0 Å². The molecule has 0 aliphatic heterocycles. The molecule has 24 heavy (non-hydrogen) atoms. The van der Waals surface area contributed by atoms with E-state index in [2.05, 4.69) is 29.6 Å². The molecule has 0 amide bonds. The zero-order valence-corrected chi connectivity index (χ0v) is 14.3. The van der Waals surface area contributed by atoms with E-state index in [1.165, 1.54) is 0 Å². The molecule has 0 radical (unpaired) electrons.